The molecule has 5 nitrogen and oxygen atoms in total. The van der Waals surface area contributed by atoms with Crippen LogP contribution in [0.4, 0.5) is 0 Å². The molecule has 10 heteroatoms. The number of nitrogens with zero attached hydrogens (tertiary/aromatic N) is 4. The van der Waals surface area contributed by atoms with Crippen LogP contribution in [0.15, 0.2) is 432 Å². The Labute approximate surface area is 760 Å². The molecule has 1 spiro atoms. The average molecular weight is 1740 g/mol. The van der Waals surface area contributed by atoms with Crippen LogP contribution in [0.5, 0.6) is 0 Å². The summed E-state index contributed by atoms with van der Waals surface area (Å²) in [5, 5.41) is 20.1. The van der Waals surface area contributed by atoms with Crippen LogP contribution in [-0.2, 0) is 9.07 Å². The minimum absolute atomic E-state index is 0.822. The van der Waals surface area contributed by atoms with Gasteiger partial charge in [-0.05, 0) is 261 Å². The normalized spacial score (nSPS) is 13.7. The summed E-state index contributed by atoms with van der Waals surface area (Å²) in [6.45, 7) is 0. The van der Waals surface area contributed by atoms with E-state index in [-0.39, 0.29) is 0 Å². The van der Waals surface area contributed by atoms with Gasteiger partial charge >= 0.3 is 0 Å². The van der Waals surface area contributed by atoms with Crippen molar-refractivity contribution in [2.45, 2.75) is 19.6 Å². The lowest BCUT2D eigenvalue weighted by Gasteiger charge is -2.39. The number of para-hydroxylation sites is 4. The number of fused-ring (bicyclic) bond motifs is 34. The van der Waals surface area contributed by atoms with Crippen LogP contribution < -0.4 is 0 Å². The van der Waals surface area contributed by atoms with E-state index in [1.807, 2.05) is 45.3 Å². The van der Waals surface area contributed by atoms with Gasteiger partial charge in [0.25, 0.3) is 0 Å². The first-order valence-corrected chi connectivity index (χ1v) is 49.5. The van der Waals surface area contributed by atoms with E-state index in [0.717, 1.165) is 109 Å². The van der Waals surface area contributed by atoms with Crippen molar-refractivity contribution < 1.29 is 4.21 Å². The van der Waals surface area contributed by atoms with E-state index < -0.39 is 9.07 Å². The first kappa shape index (κ1) is 71.7. The van der Waals surface area contributed by atoms with Crippen molar-refractivity contribution in [3.05, 3.63) is 413 Å². The molecule has 0 amide bonds. The van der Waals surface area contributed by atoms with Gasteiger partial charge in [0.2, 0.25) is 0 Å². The quantitative estimate of drug-likeness (QED) is 0.149. The first-order chi connectivity index (χ1) is 64.2. The van der Waals surface area contributed by atoms with Crippen LogP contribution in [0.25, 0.3) is 257 Å². The zero-order valence-corrected chi connectivity index (χ0v) is 73.6. The fourth-order valence-electron chi connectivity index (χ4n) is 22.8. The van der Waals surface area contributed by atoms with Crippen molar-refractivity contribution >= 4 is 222 Å². The molecule has 8 aromatic heterocycles. The van der Waals surface area contributed by atoms with Gasteiger partial charge in [0.15, 0.2) is 0 Å². The van der Waals surface area contributed by atoms with E-state index in [2.05, 4.69) is 431 Å². The average Bonchev–Trinajstić information content (AvgIpc) is 1.46. The van der Waals surface area contributed by atoms with E-state index in [1.165, 1.54) is 168 Å². The van der Waals surface area contributed by atoms with Gasteiger partial charge in [-0.1, -0.05) is 218 Å². The lowest BCUT2D eigenvalue weighted by atomic mass is 9.96. The van der Waals surface area contributed by atoms with Crippen LogP contribution >= 0.6 is 45.3 Å². The number of hydrogen-bond donors (Lipinski definition) is 0. The molecule has 0 saturated heterocycles. The van der Waals surface area contributed by atoms with Crippen LogP contribution in [0, 0.1) is 0 Å². The second-order valence-electron chi connectivity index (χ2n) is 35.2. The molecule has 30 rings (SSSR count). The van der Waals surface area contributed by atoms with Gasteiger partial charge < -0.3 is 18.3 Å². The standard InChI is InChI=1S/C120H68N4OS5/c125-130(117-53-41-73(69-33-45-77(46-34-69)121-101-25-9-1-17-81(101)89-65-113-93(61-105(89)121)85-21-5-13-29-109(85)126-113)57-97(117)98-58-74(42-54-118(98)130)70-35-47-78(48-36-70)122-102-26-10-2-18-82(102)90-66-114-94(62-106(90)122)86-22-6-14-30-110(86)127-114)119-55-43-75(71-37-49-79(50-38-71)123-103-27-11-3-19-83(103)91-67-115-95(63-107(91)123)87-23-7-15-31-111(87)128-115)59-99(119)100-60-76(44-56-120(100)130)72-39-51-80(52-40-72)124-104-28-12-4-20-84(104)92-68-116-96(64-108(92)124)88-24-8-16-32-112(88)129-116/h1-68H. The van der Waals surface area contributed by atoms with Gasteiger partial charge in [0.05, 0.1) is 44.1 Å². The number of aromatic nitrogens is 4. The number of rotatable bonds is 8. The summed E-state index contributed by atoms with van der Waals surface area (Å²) < 4.78 is 39.7. The van der Waals surface area contributed by atoms with Gasteiger partial charge in [-0.15, -0.1) is 45.3 Å². The highest BCUT2D eigenvalue weighted by molar-refractivity contribution is 8.21. The Kier molecular flexibility index (Phi) is 14.5. The maximum Gasteiger partial charge on any atom is 0.0548 e. The van der Waals surface area contributed by atoms with E-state index in [0.29, 0.717) is 0 Å². The van der Waals surface area contributed by atoms with Gasteiger partial charge in [-0.25, -0.2) is 0 Å². The van der Waals surface area contributed by atoms with Gasteiger partial charge in [0, 0.05) is 175 Å². The highest BCUT2D eigenvalue weighted by Gasteiger charge is 2.58. The fourth-order valence-corrected chi connectivity index (χ4v) is 32.4. The molecule has 0 aliphatic carbocycles. The van der Waals surface area contributed by atoms with Gasteiger partial charge in [-0.2, -0.15) is 0 Å². The second kappa shape index (κ2) is 26.2. The molecule has 2 aliphatic heterocycles. The Morgan fingerprint density at radius 1 is 0.154 bits per heavy atom. The van der Waals surface area contributed by atoms with E-state index >= 15 is 4.21 Å². The Bertz CT molecular complexity index is 8870. The largest absolute Gasteiger partial charge is 0.309 e. The van der Waals surface area contributed by atoms with E-state index in [1.54, 1.807) is 0 Å². The first-order valence-electron chi connectivity index (χ1n) is 44.3. The number of benzene rings is 20. The molecule has 0 atom stereocenters. The second-order valence-corrected chi connectivity index (χ2v) is 43.2. The smallest absolute Gasteiger partial charge is 0.0548 e. The predicted octanol–water partition coefficient (Wildman–Crippen LogP) is 34.5. The summed E-state index contributed by atoms with van der Waals surface area (Å²) in [7, 11) is -4.57. The van der Waals surface area contributed by atoms with Crippen molar-refractivity contribution in [3.63, 3.8) is 0 Å². The molecule has 130 heavy (non-hydrogen) atoms. The highest BCUT2D eigenvalue weighted by atomic mass is 32.3. The van der Waals surface area contributed by atoms with Crippen molar-refractivity contribution in [3.8, 4) is 89.5 Å². The van der Waals surface area contributed by atoms with Crippen LogP contribution in [0.1, 0.15) is 0 Å². The predicted molar refractivity (Wildman–Crippen MR) is 556 cm³/mol. The molecular formula is C120H68N4OS5. The summed E-state index contributed by atoms with van der Waals surface area (Å²) in [5.74, 6) is 0. The fraction of sp³-hybridized carbons (Fsp3) is 0. The summed E-state index contributed by atoms with van der Waals surface area (Å²) in [6.07, 6.45) is 0. The minimum Gasteiger partial charge on any atom is -0.309 e. The van der Waals surface area contributed by atoms with Crippen molar-refractivity contribution in [1.29, 1.82) is 0 Å². The third-order valence-electron chi connectivity index (χ3n) is 28.7. The monoisotopic (exact) mass is 1740 g/mol. The number of thiophene rings is 4. The zero-order chi connectivity index (χ0) is 84.7. The van der Waals surface area contributed by atoms with Crippen LogP contribution in [-0.4, -0.2) is 22.5 Å². The lowest BCUT2D eigenvalue weighted by Crippen LogP contribution is -2.30. The minimum atomic E-state index is -4.57. The maximum absolute atomic E-state index is 19.6. The molecular weight excluding hydrogens is 1670 g/mol. The molecule has 0 saturated carbocycles. The van der Waals surface area contributed by atoms with E-state index in [4.69, 9.17) is 0 Å². The Morgan fingerprint density at radius 2 is 0.354 bits per heavy atom. The third-order valence-corrected chi connectivity index (χ3v) is 38.0. The Balaban J connectivity index is 0.602. The van der Waals surface area contributed by atoms with Gasteiger partial charge in [-0.3, -0.25) is 4.21 Å². The topological polar surface area (TPSA) is 36.8 Å². The van der Waals surface area contributed by atoms with Crippen molar-refractivity contribution in [2.24, 2.45) is 0 Å². The third kappa shape index (κ3) is 9.69. The lowest BCUT2D eigenvalue weighted by molar-refractivity contribution is 0.658. The molecule has 28 aromatic rings. The van der Waals surface area contributed by atoms with Crippen LogP contribution in [0.3, 0.4) is 0 Å². The molecule has 10 heterocycles. The molecule has 0 unspecified atom stereocenters. The van der Waals surface area contributed by atoms with Gasteiger partial charge in [0.1, 0.15) is 0 Å². The molecule has 2 aliphatic rings. The Morgan fingerprint density at radius 3 is 0.585 bits per heavy atom. The summed E-state index contributed by atoms with van der Waals surface area (Å²) >= 11 is 7.46. The SMILES string of the molecule is O=S12(c3ccc(-c4ccc(-n5c6ccccc6c6cc7sc8ccccc8c7cc65)cc4)cc3-c3cc(-c4ccc(-n5c6ccccc6c6cc7sc8ccccc8c7cc65)cc4)ccc31)c1ccc(-c3ccc(-n4c5ccccc5c5cc6sc7ccccc7c6cc54)cc3)cc1-c1cc(-c3ccc(-n4c5ccccc5c5cc6sc7ccccc7c6cc54)cc3)ccc12. The van der Waals surface area contributed by atoms with Crippen molar-refractivity contribution in [2.75, 3.05) is 0 Å². The number of hydrogen-bond acceptors (Lipinski definition) is 5. The van der Waals surface area contributed by atoms with Crippen LogP contribution in [0.2, 0.25) is 0 Å². The molecule has 0 fully saturated rings. The summed E-state index contributed by atoms with van der Waals surface area (Å²) in [4.78, 5) is 3.29. The highest BCUT2D eigenvalue weighted by Crippen LogP contribution is 2.72. The van der Waals surface area contributed by atoms with Crippen molar-refractivity contribution in [1.82, 2.24) is 18.3 Å². The van der Waals surface area contributed by atoms with E-state index in [9.17, 15) is 0 Å². The zero-order valence-electron chi connectivity index (χ0n) is 69.5. The maximum atomic E-state index is 19.6. The summed E-state index contributed by atoms with van der Waals surface area (Å²) in [5.41, 5.74) is 26.1. The molecule has 20 aromatic carbocycles. The summed E-state index contributed by atoms with van der Waals surface area (Å²) in [6, 6.07) is 154. The molecule has 0 bridgehead atoms. The molecule has 604 valence electrons. The molecule has 0 radical (unpaired) electrons. The Hall–Kier alpha value is -15.4. The molecule has 0 N–H and O–H groups in total.